The van der Waals surface area contributed by atoms with Gasteiger partial charge in [0.1, 0.15) is 0 Å². The second kappa shape index (κ2) is 8.90. The maximum Gasteiger partial charge on any atom is 0.238 e. The van der Waals surface area contributed by atoms with Crippen LogP contribution in [0.4, 0.5) is 0 Å². The van der Waals surface area contributed by atoms with E-state index in [4.69, 9.17) is 8.94 Å². The zero-order chi connectivity index (χ0) is 19.2. The van der Waals surface area contributed by atoms with Gasteiger partial charge in [0.15, 0.2) is 5.76 Å². The number of furan rings is 1. The second-order valence-corrected chi connectivity index (χ2v) is 8.10. The van der Waals surface area contributed by atoms with E-state index in [1.807, 2.05) is 0 Å². The molecule has 1 aliphatic carbocycles. The van der Waals surface area contributed by atoms with Crippen molar-refractivity contribution in [1.82, 2.24) is 20.4 Å². The van der Waals surface area contributed by atoms with Crippen LogP contribution in [0.2, 0.25) is 0 Å². The first-order chi connectivity index (χ1) is 13.8. The van der Waals surface area contributed by atoms with Crippen molar-refractivity contribution >= 4 is 5.91 Å². The summed E-state index contributed by atoms with van der Waals surface area (Å²) in [6.07, 6.45) is 12.5. The van der Waals surface area contributed by atoms with Gasteiger partial charge in [-0.2, -0.15) is 4.98 Å². The highest BCUT2D eigenvalue weighted by molar-refractivity contribution is 5.76. The highest BCUT2D eigenvalue weighted by Gasteiger charge is 2.38. The Bertz CT molecular complexity index is 744. The zero-order valence-electron chi connectivity index (χ0n) is 16.5. The van der Waals surface area contributed by atoms with Crippen LogP contribution in [0.1, 0.15) is 63.7 Å². The number of nitrogens with one attached hydrogen (secondary N) is 1. The third-order valence-electron chi connectivity index (χ3n) is 6.20. The summed E-state index contributed by atoms with van der Waals surface area (Å²) in [6.45, 7) is 3.11. The fourth-order valence-electron chi connectivity index (χ4n) is 4.62. The fourth-order valence-corrected chi connectivity index (χ4v) is 4.62. The lowest BCUT2D eigenvalue weighted by Crippen LogP contribution is -2.58. The number of carbonyl (C=O) groups is 1. The molecule has 0 bridgehead atoms. The fraction of sp³-hybridized carbons (Fsp3) is 0.667. The summed E-state index contributed by atoms with van der Waals surface area (Å²) in [7, 11) is 0. The Morgan fingerprint density at radius 1 is 1.14 bits per heavy atom. The molecular formula is C21H30N4O3. The van der Waals surface area contributed by atoms with Gasteiger partial charge < -0.3 is 14.3 Å². The summed E-state index contributed by atoms with van der Waals surface area (Å²) < 4.78 is 10.5. The highest BCUT2D eigenvalue weighted by Crippen LogP contribution is 2.35. The van der Waals surface area contributed by atoms with E-state index in [0.29, 0.717) is 30.3 Å². The van der Waals surface area contributed by atoms with E-state index in [9.17, 15) is 4.79 Å². The van der Waals surface area contributed by atoms with Crippen LogP contribution in [0.3, 0.4) is 0 Å². The van der Waals surface area contributed by atoms with Gasteiger partial charge in [0.05, 0.1) is 6.26 Å². The van der Waals surface area contributed by atoms with Gasteiger partial charge in [0, 0.05) is 24.9 Å². The first-order valence-electron chi connectivity index (χ1n) is 10.6. The minimum absolute atomic E-state index is 0.0553. The molecule has 2 aromatic rings. The molecule has 0 unspecified atom stereocenters. The Hall–Kier alpha value is -2.15. The minimum Gasteiger partial charge on any atom is -0.461 e. The molecule has 2 aliphatic rings. The van der Waals surface area contributed by atoms with Crippen molar-refractivity contribution in [1.29, 1.82) is 0 Å². The van der Waals surface area contributed by atoms with Crippen LogP contribution in [0.5, 0.6) is 0 Å². The summed E-state index contributed by atoms with van der Waals surface area (Å²) in [5.41, 5.74) is 0.158. The molecule has 1 aliphatic heterocycles. The van der Waals surface area contributed by atoms with Crippen molar-refractivity contribution in [3.63, 3.8) is 0 Å². The maximum absolute atomic E-state index is 12.5. The Morgan fingerprint density at radius 3 is 2.68 bits per heavy atom. The Morgan fingerprint density at radius 2 is 1.93 bits per heavy atom. The average Bonchev–Trinajstić information content (AvgIpc) is 3.44. The van der Waals surface area contributed by atoms with E-state index in [1.54, 1.807) is 18.4 Å². The quantitative estimate of drug-likeness (QED) is 0.783. The van der Waals surface area contributed by atoms with Crippen LogP contribution in [0.25, 0.3) is 11.6 Å². The largest absolute Gasteiger partial charge is 0.461 e. The third-order valence-corrected chi connectivity index (χ3v) is 6.20. The second-order valence-electron chi connectivity index (χ2n) is 8.10. The van der Waals surface area contributed by atoms with Crippen molar-refractivity contribution in [2.45, 2.75) is 69.7 Å². The van der Waals surface area contributed by atoms with Gasteiger partial charge >= 0.3 is 0 Å². The normalized spacial score (nSPS) is 20.1. The van der Waals surface area contributed by atoms with E-state index >= 15 is 0 Å². The summed E-state index contributed by atoms with van der Waals surface area (Å²) in [5, 5.41) is 7.12. The number of hydrogen-bond donors (Lipinski definition) is 1. The molecule has 2 fully saturated rings. The minimum atomic E-state index is 0.0553. The van der Waals surface area contributed by atoms with Gasteiger partial charge in [0.25, 0.3) is 0 Å². The molecule has 1 amide bonds. The number of likely N-dealkylation sites (tertiary alicyclic amines) is 1. The Balaban J connectivity index is 1.29. The number of piperidine rings is 1. The molecule has 3 heterocycles. The predicted molar refractivity (Wildman–Crippen MR) is 105 cm³/mol. The monoisotopic (exact) mass is 386 g/mol. The molecule has 1 saturated carbocycles. The Labute approximate surface area is 165 Å². The predicted octanol–water partition coefficient (Wildman–Crippen LogP) is 3.57. The number of aryl methyl sites for hydroxylation is 1. The van der Waals surface area contributed by atoms with Crippen LogP contribution >= 0.6 is 0 Å². The lowest BCUT2D eigenvalue weighted by Gasteiger charge is -2.48. The molecule has 4 rings (SSSR count). The van der Waals surface area contributed by atoms with Crippen LogP contribution in [0.15, 0.2) is 27.3 Å². The topological polar surface area (TPSA) is 84.4 Å². The first-order valence-corrected chi connectivity index (χ1v) is 10.6. The highest BCUT2D eigenvalue weighted by atomic mass is 16.5. The van der Waals surface area contributed by atoms with Gasteiger partial charge in [-0.25, -0.2) is 0 Å². The lowest BCUT2D eigenvalue weighted by molar-refractivity contribution is -0.122. The average molecular weight is 386 g/mol. The van der Waals surface area contributed by atoms with Gasteiger partial charge in [0.2, 0.25) is 17.6 Å². The summed E-state index contributed by atoms with van der Waals surface area (Å²) in [4.78, 5) is 19.4. The summed E-state index contributed by atoms with van der Waals surface area (Å²) in [6, 6.07) is 3.56. The van der Waals surface area contributed by atoms with Crippen molar-refractivity contribution < 1.29 is 13.7 Å². The molecule has 7 heteroatoms. The molecule has 7 nitrogen and oxygen atoms in total. The molecule has 2 aromatic heterocycles. The molecule has 28 heavy (non-hydrogen) atoms. The van der Waals surface area contributed by atoms with Crippen LogP contribution in [-0.4, -0.2) is 46.1 Å². The van der Waals surface area contributed by atoms with E-state index in [1.165, 1.54) is 64.5 Å². The third kappa shape index (κ3) is 4.46. The summed E-state index contributed by atoms with van der Waals surface area (Å²) >= 11 is 0. The van der Waals surface area contributed by atoms with E-state index in [-0.39, 0.29) is 11.4 Å². The van der Waals surface area contributed by atoms with Crippen molar-refractivity contribution in [2.75, 3.05) is 19.6 Å². The molecule has 152 valence electrons. The molecule has 1 saturated heterocycles. The van der Waals surface area contributed by atoms with Gasteiger partial charge in [-0.15, -0.1) is 0 Å². The van der Waals surface area contributed by atoms with Gasteiger partial charge in [-0.05, 0) is 50.9 Å². The van der Waals surface area contributed by atoms with Crippen LogP contribution < -0.4 is 5.32 Å². The SMILES string of the molecule is O=C(CCc1nc(-c2ccco2)no1)NCC1(N2CCCCC2)CCCCC1. The molecular weight excluding hydrogens is 356 g/mol. The first kappa shape index (κ1) is 19.2. The van der Waals surface area contributed by atoms with E-state index in [0.717, 1.165) is 6.54 Å². The van der Waals surface area contributed by atoms with Crippen LogP contribution in [-0.2, 0) is 11.2 Å². The van der Waals surface area contributed by atoms with Crippen molar-refractivity contribution in [2.24, 2.45) is 0 Å². The maximum atomic E-state index is 12.5. The number of rotatable bonds is 7. The van der Waals surface area contributed by atoms with E-state index < -0.39 is 0 Å². The molecule has 0 aromatic carbocycles. The number of hydrogen-bond acceptors (Lipinski definition) is 6. The molecule has 1 N–H and O–H groups in total. The number of nitrogens with zero attached hydrogens (tertiary/aromatic N) is 3. The lowest BCUT2D eigenvalue weighted by atomic mass is 9.79. The molecule has 0 atom stereocenters. The standard InChI is InChI=1S/C21H30N4O3/c26-18(9-10-19-23-20(24-28-19)17-8-7-15-27-17)22-16-21(11-3-1-4-12-21)25-13-5-2-6-14-25/h7-8,15H,1-6,9-14,16H2,(H,22,26). The number of amides is 1. The summed E-state index contributed by atoms with van der Waals surface area (Å²) in [5.74, 6) is 1.51. The molecule has 0 radical (unpaired) electrons. The Kier molecular flexibility index (Phi) is 6.10. The van der Waals surface area contributed by atoms with Crippen molar-refractivity contribution in [3.05, 3.63) is 24.3 Å². The molecule has 0 spiro atoms. The zero-order valence-corrected chi connectivity index (χ0v) is 16.5. The van der Waals surface area contributed by atoms with E-state index in [2.05, 4.69) is 20.4 Å². The van der Waals surface area contributed by atoms with Gasteiger partial charge in [-0.1, -0.05) is 30.8 Å². The number of aromatic nitrogens is 2. The number of carbonyl (C=O) groups excluding carboxylic acids is 1. The van der Waals surface area contributed by atoms with Crippen molar-refractivity contribution in [3.8, 4) is 11.6 Å². The van der Waals surface area contributed by atoms with Gasteiger partial charge in [-0.3, -0.25) is 9.69 Å². The van der Waals surface area contributed by atoms with Crippen LogP contribution in [0, 0.1) is 0 Å². The smallest absolute Gasteiger partial charge is 0.238 e.